The Labute approximate surface area is 128 Å². The molecule has 8 heteroatoms. The molecule has 2 atom stereocenters. The zero-order valence-corrected chi connectivity index (χ0v) is 13.7. The summed E-state index contributed by atoms with van der Waals surface area (Å²) in [7, 11) is 1.43. The third-order valence-electron chi connectivity index (χ3n) is 3.44. The zero-order chi connectivity index (χ0) is 16.2. The van der Waals surface area contributed by atoms with E-state index >= 15 is 0 Å². The number of aliphatic hydroxyl groups is 1. The highest BCUT2D eigenvalue weighted by Crippen LogP contribution is 2.17. The van der Waals surface area contributed by atoms with Crippen molar-refractivity contribution >= 4 is 23.3 Å². The van der Waals surface area contributed by atoms with Crippen LogP contribution in [0.15, 0.2) is 9.59 Å². The first-order valence-corrected chi connectivity index (χ1v) is 8.17. The third-order valence-corrected chi connectivity index (χ3v) is 4.61. The van der Waals surface area contributed by atoms with Gasteiger partial charge in [-0.25, -0.2) is 4.79 Å². The van der Waals surface area contributed by atoms with Crippen molar-refractivity contribution in [1.82, 2.24) is 9.13 Å². The zero-order valence-electron chi connectivity index (χ0n) is 12.9. The Bertz CT molecular complexity index is 592. The number of aromatic nitrogens is 2. The largest absolute Gasteiger partial charge is 0.395 e. The Kier molecular flexibility index (Phi) is 6.35. The summed E-state index contributed by atoms with van der Waals surface area (Å²) in [6.07, 6.45) is 2.62. The fourth-order valence-electron chi connectivity index (χ4n) is 2.12. The minimum atomic E-state index is -0.450. The Hall–Kier alpha value is -1.41. The smallest absolute Gasteiger partial charge is 0.332 e. The molecule has 0 bridgehead atoms. The first-order valence-electron chi connectivity index (χ1n) is 6.88. The number of nitrogens with zero attached hydrogens (tertiary/aromatic N) is 2. The predicted molar refractivity (Wildman–Crippen MR) is 88.1 cm³/mol. The lowest BCUT2D eigenvalue weighted by Gasteiger charge is -2.24. The predicted octanol–water partition coefficient (Wildman–Crippen LogP) is 0.0635. The molecule has 0 saturated carbocycles. The van der Waals surface area contributed by atoms with Gasteiger partial charge in [-0.15, -0.1) is 0 Å². The van der Waals surface area contributed by atoms with Crippen molar-refractivity contribution < 1.29 is 5.11 Å². The number of hydrogen-bond donors (Lipinski definition) is 3. The molecule has 1 rings (SSSR count). The maximum absolute atomic E-state index is 12.2. The van der Waals surface area contributed by atoms with Gasteiger partial charge >= 0.3 is 5.69 Å². The van der Waals surface area contributed by atoms with Gasteiger partial charge in [0.1, 0.15) is 11.5 Å². The molecule has 0 radical (unpaired) electrons. The topological polar surface area (TPSA) is 102 Å². The molecule has 0 saturated heterocycles. The molecule has 4 N–H and O–H groups in total. The number of aliphatic hydroxyl groups excluding tert-OH is 1. The first kappa shape index (κ1) is 17.6. The average Bonchev–Trinajstić information content (AvgIpc) is 2.47. The molecular weight excluding hydrogens is 292 g/mol. The van der Waals surface area contributed by atoms with Crippen LogP contribution in [0.4, 0.5) is 11.5 Å². The molecule has 0 aromatic carbocycles. The quantitative estimate of drug-likeness (QED) is 0.657. The van der Waals surface area contributed by atoms with E-state index in [9.17, 15) is 14.7 Å². The molecular formula is C13H24N4O3S. The van der Waals surface area contributed by atoms with Crippen molar-refractivity contribution in [3.63, 3.8) is 0 Å². The van der Waals surface area contributed by atoms with Crippen LogP contribution in [-0.2, 0) is 13.6 Å². The van der Waals surface area contributed by atoms with Crippen molar-refractivity contribution in [2.24, 2.45) is 7.05 Å². The van der Waals surface area contributed by atoms with Gasteiger partial charge in [0.05, 0.1) is 6.61 Å². The lowest BCUT2D eigenvalue weighted by atomic mass is 10.2. The van der Waals surface area contributed by atoms with E-state index in [2.05, 4.69) is 5.32 Å². The van der Waals surface area contributed by atoms with Crippen LogP contribution in [0.1, 0.15) is 20.3 Å². The minimum absolute atomic E-state index is 0.00977. The van der Waals surface area contributed by atoms with Gasteiger partial charge in [-0.05, 0) is 19.6 Å². The van der Waals surface area contributed by atoms with Crippen LogP contribution in [0.3, 0.4) is 0 Å². The van der Waals surface area contributed by atoms with Crippen molar-refractivity contribution in [1.29, 1.82) is 0 Å². The molecule has 7 nitrogen and oxygen atoms in total. The van der Waals surface area contributed by atoms with E-state index in [-0.39, 0.29) is 29.4 Å². The maximum Gasteiger partial charge on any atom is 0.332 e. The molecule has 0 aliphatic rings. The van der Waals surface area contributed by atoms with E-state index < -0.39 is 11.2 Å². The number of anilines is 2. The number of rotatable bonds is 7. The summed E-state index contributed by atoms with van der Waals surface area (Å²) in [5.41, 5.74) is 5.34. The van der Waals surface area contributed by atoms with Crippen LogP contribution in [0.25, 0.3) is 0 Å². The van der Waals surface area contributed by atoms with Crippen LogP contribution in [0, 0.1) is 0 Å². The second kappa shape index (κ2) is 7.56. The van der Waals surface area contributed by atoms with Gasteiger partial charge in [0.25, 0.3) is 5.56 Å². The summed E-state index contributed by atoms with van der Waals surface area (Å²) in [6.45, 7) is 4.24. The van der Waals surface area contributed by atoms with Crippen LogP contribution in [0.5, 0.6) is 0 Å². The van der Waals surface area contributed by atoms with Gasteiger partial charge in [-0.2, -0.15) is 11.8 Å². The van der Waals surface area contributed by atoms with Gasteiger partial charge in [0, 0.05) is 24.9 Å². The highest BCUT2D eigenvalue weighted by molar-refractivity contribution is 7.99. The SMILES string of the molecule is CCCn1c(N)c(NC(C)C(CO)SC)c(=O)n(C)c1=O. The lowest BCUT2D eigenvalue weighted by molar-refractivity contribution is 0.288. The number of nitrogen functional groups attached to an aromatic ring is 1. The molecule has 2 unspecified atom stereocenters. The minimum Gasteiger partial charge on any atom is -0.395 e. The number of hydrogen-bond acceptors (Lipinski definition) is 6. The Balaban J connectivity index is 3.30. The second-order valence-electron chi connectivity index (χ2n) is 4.95. The van der Waals surface area contributed by atoms with Crippen molar-refractivity contribution in [3.05, 3.63) is 20.8 Å². The summed E-state index contributed by atoms with van der Waals surface area (Å²) in [4.78, 5) is 24.3. The normalized spacial score (nSPS) is 14.0. The first-order chi connectivity index (χ1) is 9.88. The van der Waals surface area contributed by atoms with Crippen LogP contribution in [-0.4, -0.2) is 38.4 Å². The number of thioether (sulfide) groups is 1. The fourth-order valence-corrected chi connectivity index (χ4v) is 2.74. The van der Waals surface area contributed by atoms with Gasteiger partial charge in [0.2, 0.25) is 0 Å². The fraction of sp³-hybridized carbons (Fsp3) is 0.692. The monoisotopic (exact) mass is 316 g/mol. The van der Waals surface area contributed by atoms with E-state index in [4.69, 9.17) is 5.73 Å². The Morgan fingerprint density at radius 3 is 2.52 bits per heavy atom. The van der Waals surface area contributed by atoms with E-state index in [0.29, 0.717) is 6.54 Å². The molecule has 120 valence electrons. The highest BCUT2D eigenvalue weighted by Gasteiger charge is 2.20. The Morgan fingerprint density at radius 2 is 2.05 bits per heavy atom. The van der Waals surface area contributed by atoms with Crippen molar-refractivity contribution in [3.8, 4) is 0 Å². The molecule has 0 spiro atoms. The van der Waals surface area contributed by atoms with E-state index in [1.807, 2.05) is 20.1 Å². The van der Waals surface area contributed by atoms with Gasteiger partial charge < -0.3 is 16.2 Å². The van der Waals surface area contributed by atoms with Crippen molar-refractivity contribution in [2.75, 3.05) is 23.9 Å². The molecule has 0 amide bonds. The highest BCUT2D eigenvalue weighted by atomic mass is 32.2. The van der Waals surface area contributed by atoms with Crippen molar-refractivity contribution in [2.45, 2.75) is 38.1 Å². The van der Waals surface area contributed by atoms with Gasteiger partial charge in [0.15, 0.2) is 0 Å². The molecule has 0 fully saturated rings. The average molecular weight is 316 g/mol. The second-order valence-corrected chi connectivity index (χ2v) is 6.03. The third kappa shape index (κ3) is 3.62. The molecule has 1 heterocycles. The number of nitrogens with one attached hydrogen (secondary N) is 1. The molecule has 0 aliphatic heterocycles. The Morgan fingerprint density at radius 1 is 1.43 bits per heavy atom. The molecule has 21 heavy (non-hydrogen) atoms. The summed E-state index contributed by atoms with van der Waals surface area (Å²) in [5, 5.41) is 12.3. The van der Waals surface area contributed by atoms with Crippen LogP contribution >= 0.6 is 11.8 Å². The van der Waals surface area contributed by atoms with E-state index in [1.165, 1.54) is 23.4 Å². The summed E-state index contributed by atoms with van der Waals surface area (Å²) < 4.78 is 2.44. The van der Waals surface area contributed by atoms with Gasteiger partial charge in [-0.1, -0.05) is 6.92 Å². The van der Waals surface area contributed by atoms with Gasteiger partial charge in [-0.3, -0.25) is 13.9 Å². The van der Waals surface area contributed by atoms with E-state index in [0.717, 1.165) is 11.0 Å². The molecule has 1 aromatic rings. The van der Waals surface area contributed by atoms with E-state index in [1.54, 1.807) is 0 Å². The maximum atomic E-state index is 12.2. The van der Waals surface area contributed by atoms with Crippen LogP contribution in [0.2, 0.25) is 0 Å². The molecule has 0 aliphatic carbocycles. The summed E-state index contributed by atoms with van der Waals surface area (Å²) >= 11 is 1.50. The number of nitrogens with two attached hydrogens (primary N) is 1. The standard InChI is InChI=1S/C13H24N4O3S/c1-5-6-17-11(14)10(12(19)16(3)13(17)20)15-8(2)9(7-18)21-4/h8-9,15,18H,5-7,14H2,1-4H3. The summed E-state index contributed by atoms with van der Waals surface area (Å²) in [6, 6.07) is -0.160. The summed E-state index contributed by atoms with van der Waals surface area (Å²) in [5.74, 6) is 0.148. The van der Waals surface area contributed by atoms with Crippen LogP contribution < -0.4 is 22.3 Å². The lowest BCUT2D eigenvalue weighted by Crippen LogP contribution is -2.43. The molecule has 1 aromatic heterocycles.